The fourth-order valence-electron chi connectivity index (χ4n) is 1.35. The molecule has 1 aromatic heterocycles. The first-order valence-electron chi connectivity index (χ1n) is 5.59. The van der Waals surface area contributed by atoms with Crippen molar-refractivity contribution in [1.29, 1.82) is 5.26 Å². The fourth-order valence-corrected chi connectivity index (χ4v) is 1.35. The SMILES string of the molecule is N#Cc1ccccc1C#CC=CC#Cc1ccoc1. The van der Waals surface area contributed by atoms with Gasteiger partial charge in [0.15, 0.2) is 0 Å². The van der Waals surface area contributed by atoms with Crippen LogP contribution in [-0.4, -0.2) is 0 Å². The highest BCUT2D eigenvalue weighted by atomic mass is 16.3. The summed E-state index contributed by atoms with van der Waals surface area (Å²) in [5, 5.41) is 8.90. The molecule has 0 saturated carbocycles. The lowest BCUT2D eigenvalue weighted by atomic mass is 10.1. The molecule has 0 aliphatic rings. The van der Waals surface area contributed by atoms with E-state index in [9.17, 15) is 0 Å². The Morgan fingerprint density at radius 3 is 2.37 bits per heavy atom. The molecule has 0 saturated heterocycles. The van der Waals surface area contributed by atoms with Crippen LogP contribution in [0, 0.1) is 35.0 Å². The summed E-state index contributed by atoms with van der Waals surface area (Å²) in [5.74, 6) is 11.5. The summed E-state index contributed by atoms with van der Waals surface area (Å²) in [7, 11) is 0. The van der Waals surface area contributed by atoms with Gasteiger partial charge < -0.3 is 4.42 Å². The topological polar surface area (TPSA) is 36.9 Å². The van der Waals surface area contributed by atoms with Crippen molar-refractivity contribution in [3.63, 3.8) is 0 Å². The second-order valence-corrected chi connectivity index (χ2v) is 3.54. The molecule has 0 unspecified atom stereocenters. The van der Waals surface area contributed by atoms with Crippen molar-refractivity contribution >= 4 is 0 Å². The van der Waals surface area contributed by atoms with Gasteiger partial charge >= 0.3 is 0 Å². The first kappa shape index (κ1) is 12.3. The van der Waals surface area contributed by atoms with E-state index in [0.717, 1.165) is 11.1 Å². The molecule has 1 aromatic carbocycles. The van der Waals surface area contributed by atoms with E-state index in [-0.39, 0.29) is 0 Å². The van der Waals surface area contributed by atoms with Crippen LogP contribution in [-0.2, 0) is 0 Å². The third-order valence-corrected chi connectivity index (χ3v) is 2.24. The van der Waals surface area contributed by atoms with Crippen molar-refractivity contribution in [2.24, 2.45) is 0 Å². The van der Waals surface area contributed by atoms with Gasteiger partial charge in [-0.25, -0.2) is 0 Å². The molecule has 0 atom stereocenters. The lowest BCUT2D eigenvalue weighted by Crippen LogP contribution is -1.80. The zero-order valence-corrected chi connectivity index (χ0v) is 10.1. The largest absolute Gasteiger partial charge is 0.471 e. The standard InChI is InChI=1S/C17H9NO/c18-13-17-10-6-5-9-16(17)8-4-2-1-3-7-15-11-12-19-14-15/h1-2,5-6,9-12,14H. The van der Waals surface area contributed by atoms with Gasteiger partial charge in [0, 0.05) is 5.56 Å². The van der Waals surface area contributed by atoms with Crippen LogP contribution < -0.4 is 0 Å². The van der Waals surface area contributed by atoms with Gasteiger partial charge in [-0.05, 0) is 30.4 Å². The lowest BCUT2D eigenvalue weighted by Gasteiger charge is -1.91. The van der Waals surface area contributed by atoms with Gasteiger partial charge in [0.2, 0.25) is 0 Å². The Labute approximate surface area is 112 Å². The van der Waals surface area contributed by atoms with E-state index in [2.05, 4.69) is 29.8 Å². The first-order valence-corrected chi connectivity index (χ1v) is 5.59. The highest BCUT2D eigenvalue weighted by Gasteiger charge is 1.94. The molecular weight excluding hydrogens is 234 g/mol. The molecule has 19 heavy (non-hydrogen) atoms. The van der Waals surface area contributed by atoms with E-state index >= 15 is 0 Å². The second-order valence-electron chi connectivity index (χ2n) is 3.54. The zero-order chi connectivity index (χ0) is 13.3. The van der Waals surface area contributed by atoms with E-state index in [1.807, 2.05) is 18.2 Å². The lowest BCUT2D eigenvalue weighted by molar-refractivity contribution is 0.566. The zero-order valence-electron chi connectivity index (χ0n) is 10.1. The van der Waals surface area contributed by atoms with Crippen LogP contribution in [0.1, 0.15) is 16.7 Å². The first-order chi connectivity index (χ1) is 9.40. The minimum Gasteiger partial charge on any atom is -0.471 e. The molecule has 0 radical (unpaired) electrons. The third-order valence-electron chi connectivity index (χ3n) is 2.24. The average molecular weight is 243 g/mol. The number of nitriles is 1. The molecule has 0 bridgehead atoms. The smallest absolute Gasteiger partial charge is 0.106 e. The maximum Gasteiger partial charge on any atom is 0.106 e. The summed E-state index contributed by atoms with van der Waals surface area (Å²) < 4.78 is 4.89. The third kappa shape index (κ3) is 3.67. The molecule has 2 nitrogen and oxygen atoms in total. The summed E-state index contributed by atoms with van der Waals surface area (Å²) in [6.07, 6.45) is 6.47. The van der Waals surface area contributed by atoms with Crippen molar-refractivity contribution in [1.82, 2.24) is 0 Å². The van der Waals surface area contributed by atoms with Gasteiger partial charge in [0.05, 0.1) is 17.4 Å². The molecule has 0 amide bonds. The van der Waals surface area contributed by atoms with Crippen molar-refractivity contribution in [2.75, 3.05) is 0 Å². The van der Waals surface area contributed by atoms with Crippen LogP contribution in [0.2, 0.25) is 0 Å². The Hall–Kier alpha value is -3.15. The van der Waals surface area contributed by atoms with Gasteiger partial charge in [-0.3, -0.25) is 0 Å². The van der Waals surface area contributed by atoms with Gasteiger partial charge in [-0.15, -0.1) is 0 Å². The van der Waals surface area contributed by atoms with Crippen LogP contribution in [0.4, 0.5) is 0 Å². The van der Waals surface area contributed by atoms with Crippen LogP contribution in [0.3, 0.4) is 0 Å². The Morgan fingerprint density at radius 1 is 0.947 bits per heavy atom. The van der Waals surface area contributed by atoms with E-state index in [4.69, 9.17) is 9.68 Å². The Morgan fingerprint density at radius 2 is 1.68 bits per heavy atom. The monoisotopic (exact) mass is 243 g/mol. The molecule has 0 N–H and O–H groups in total. The minimum absolute atomic E-state index is 0.577. The minimum atomic E-state index is 0.577. The molecule has 1 heterocycles. The number of hydrogen-bond acceptors (Lipinski definition) is 2. The number of benzene rings is 1. The molecule has 0 fully saturated rings. The maximum atomic E-state index is 8.90. The molecule has 2 aromatic rings. The molecule has 0 spiro atoms. The second kappa shape index (κ2) is 6.55. The predicted octanol–water partition coefficient (Wildman–Crippen LogP) is 3.11. The number of allylic oxidation sites excluding steroid dienone is 2. The van der Waals surface area contributed by atoms with E-state index in [1.165, 1.54) is 0 Å². The van der Waals surface area contributed by atoms with Crippen molar-refractivity contribution in [3.05, 3.63) is 71.7 Å². The highest BCUT2D eigenvalue weighted by Crippen LogP contribution is 2.04. The van der Waals surface area contributed by atoms with E-state index in [0.29, 0.717) is 5.56 Å². The van der Waals surface area contributed by atoms with Crippen molar-refractivity contribution in [3.8, 4) is 29.8 Å². The van der Waals surface area contributed by atoms with Crippen LogP contribution >= 0.6 is 0 Å². The summed E-state index contributed by atoms with van der Waals surface area (Å²) >= 11 is 0. The molecule has 0 aliphatic carbocycles. The maximum absolute atomic E-state index is 8.90. The number of hydrogen-bond donors (Lipinski definition) is 0. The molecule has 2 rings (SSSR count). The molecule has 88 valence electrons. The normalized spacial score (nSPS) is 9.00. The Balaban J connectivity index is 2.04. The average Bonchev–Trinajstić information content (AvgIpc) is 2.96. The van der Waals surface area contributed by atoms with Crippen LogP contribution in [0.25, 0.3) is 0 Å². The summed E-state index contributed by atoms with van der Waals surface area (Å²) in [4.78, 5) is 0. The molecule has 0 aliphatic heterocycles. The summed E-state index contributed by atoms with van der Waals surface area (Å²) in [6, 6.07) is 11.1. The summed E-state index contributed by atoms with van der Waals surface area (Å²) in [5.41, 5.74) is 2.12. The van der Waals surface area contributed by atoms with Gasteiger partial charge in [0.25, 0.3) is 0 Å². The quantitative estimate of drug-likeness (QED) is 0.667. The number of rotatable bonds is 0. The summed E-state index contributed by atoms with van der Waals surface area (Å²) in [6.45, 7) is 0. The van der Waals surface area contributed by atoms with Crippen LogP contribution in [0.5, 0.6) is 0 Å². The van der Waals surface area contributed by atoms with Gasteiger partial charge in [-0.1, -0.05) is 35.8 Å². The van der Waals surface area contributed by atoms with Gasteiger partial charge in [-0.2, -0.15) is 5.26 Å². The number of furan rings is 1. The fraction of sp³-hybridized carbons (Fsp3) is 0. The Kier molecular flexibility index (Phi) is 4.25. The van der Waals surface area contributed by atoms with E-state index in [1.54, 1.807) is 36.8 Å². The number of nitrogens with zero attached hydrogens (tertiary/aromatic N) is 1. The molecular formula is C17H9NO. The van der Waals surface area contributed by atoms with Crippen LogP contribution in [0.15, 0.2) is 59.4 Å². The van der Waals surface area contributed by atoms with Crippen molar-refractivity contribution in [2.45, 2.75) is 0 Å². The highest BCUT2D eigenvalue weighted by molar-refractivity contribution is 5.49. The van der Waals surface area contributed by atoms with E-state index < -0.39 is 0 Å². The Bertz CT molecular complexity index is 738. The predicted molar refractivity (Wildman–Crippen MR) is 72.8 cm³/mol. The molecule has 2 heteroatoms. The van der Waals surface area contributed by atoms with Gasteiger partial charge in [0.1, 0.15) is 12.3 Å². The van der Waals surface area contributed by atoms with Crippen molar-refractivity contribution < 1.29 is 4.42 Å².